The molecule has 0 aliphatic heterocycles. The minimum Gasteiger partial charge on any atom is -0.399 e. The van der Waals surface area contributed by atoms with Crippen molar-refractivity contribution in [1.82, 2.24) is 4.72 Å². The summed E-state index contributed by atoms with van der Waals surface area (Å²) >= 11 is 1.41. The number of nitrogen functional groups attached to an aromatic ring is 1. The number of hydrogen-bond donors (Lipinski definition) is 2. The molecule has 0 aliphatic rings. The Morgan fingerprint density at radius 3 is 2.38 bits per heavy atom. The van der Waals surface area contributed by atoms with Crippen molar-refractivity contribution in [3.63, 3.8) is 0 Å². The number of rotatable bonds is 4. The van der Waals surface area contributed by atoms with Crippen LogP contribution < -0.4 is 10.5 Å². The van der Waals surface area contributed by atoms with Crippen LogP contribution in [0.1, 0.15) is 11.1 Å². The van der Waals surface area contributed by atoms with E-state index in [0.29, 0.717) is 10.6 Å². The molecule has 2 aromatic rings. The largest absolute Gasteiger partial charge is 0.399 e. The molecule has 0 unspecified atom stereocenters. The topological polar surface area (TPSA) is 72.2 Å². The van der Waals surface area contributed by atoms with E-state index in [1.807, 2.05) is 32.0 Å². The third kappa shape index (κ3) is 3.58. The second kappa shape index (κ2) is 6.09. The number of hydrogen-bond acceptors (Lipinski definition) is 4. The van der Waals surface area contributed by atoms with Gasteiger partial charge in [-0.15, -0.1) is 0 Å². The van der Waals surface area contributed by atoms with E-state index >= 15 is 0 Å². The minimum atomic E-state index is -3.54. The van der Waals surface area contributed by atoms with E-state index in [4.69, 9.17) is 5.73 Å². The molecule has 0 aliphatic carbocycles. The van der Waals surface area contributed by atoms with Crippen molar-refractivity contribution in [2.45, 2.75) is 28.5 Å². The molecule has 0 atom stereocenters. The van der Waals surface area contributed by atoms with Crippen LogP contribution in [-0.2, 0) is 10.0 Å². The normalized spacial score (nSPS) is 11.6. The summed E-state index contributed by atoms with van der Waals surface area (Å²) in [5.41, 5.74) is 8.52. The van der Waals surface area contributed by atoms with Gasteiger partial charge in [0.05, 0.1) is 4.90 Å². The third-order valence-electron chi connectivity index (χ3n) is 3.23. The summed E-state index contributed by atoms with van der Waals surface area (Å²) in [4.78, 5) is 1.85. The number of aryl methyl sites for hydroxylation is 2. The summed E-state index contributed by atoms with van der Waals surface area (Å²) in [6.07, 6.45) is 0. The van der Waals surface area contributed by atoms with E-state index in [9.17, 15) is 8.42 Å². The van der Waals surface area contributed by atoms with Gasteiger partial charge in [-0.2, -0.15) is 0 Å². The molecular formula is C15H18N2O2S2. The van der Waals surface area contributed by atoms with Gasteiger partial charge in [0.15, 0.2) is 0 Å². The molecule has 0 amide bonds. The van der Waals surface area contributed by atoms with Crippen molar-refractivity contribution in [2.24, 2.45) is 0 Å². The fraction of sp³-hybridized carbons (Fsp3) is 0.200. The molecule has 2 aromatic carbocycles. The van der Waals surface area contributed by atoms with Crippen LogP contribution >= 0.6 is 11.8 Å². The van der Waals surface area contributed by atoms with Crippen LogP contribution in [0.15, 0.2) is 51.1 Å². The minimum absolute atomic E-state index is 0.202. The third-order valence-corrected chi connectivity index (χ3v) is 5.88. The van der Waals surface area contributed by atoms with Crippen LogP contribution in [0.25, 0.3) is 0 Å². The molecule has 4 nitrogen and oxygen atoms in total. The maximum absolute atomic E-state index is 12.1. The first-order chi connectivity index (χ1) is 9.83. The van der Waals surface area contributed by atoms with Crippen LogP contribution in [0.2, 0.25) is 0 Å². The van der Waals surface area contributed by atoms with Crippen molar-refractivity contribution < 1.29 is 8.42 Å². The van der Waals surface area contributed by atoms with E-state index in [0.717, 1.165) is 4.90 Å². The Morgan fingerprint density at radius 2 is 1.76 bits per heavy atom. The van der Waals surface area contributed by atoms with Gasteiger partial charge in [-0.1, -0.05) is 17.8 Å². The Labute approximate surface area is 129 Å². The Kier molecular flexibility index (Phi) is 4.61. The smallest absolute Gasteiger partial charge is 0.241 e. The zero-order valence-corrected chi connectivity index (χ0v) is 13.8. The number of anilines is 1. The average molecular weight is 322 g/mol. The monoisotopic (exact) mass is 322 g/mol. The van der Waals surface area contributed by atoms with E-state index < -0.39 is 10.0 Å². The van der Waals surface area contributed by atoms with E-state index in [1.54, 1.807) is 12.1 Å². The molecular weight excluding hydrogens is 304 g/mol. The van der Waals surface area contributed by atoms with Crippen LogP contribution in [0.5, 0.6) is 0 Å². The fourth-order valence-electron chi connectivity index (χ4n) is 1.83. The molecule has 0 aromatic heterocycles. The first kappa shape index (κ1) is 15.9. The van der Waals surface area contributed by atoms with Crippen molar-refractivity contribution in [1.29, 1.82) is 0 Å². The summed E-state index contributed by atoms with van der Waals surface area (Å²) in [6, 6.07) is 11.0. The number of nitrogens with one attached hydrogen (secondary N) is 1. The van der Waals surface area contributed by atoms with Crippen LogP contribution in [0, 0.1) is 13.8 Å². The Morgan fingerprint density at radius 1 is 1.05 bits per heavy atom. The van der Waals surface area contributed by atoms with Gasteiger partial charge >= 0.3 is 0 Å². The molecule has 0 saturated carbocycles. The molecule has 2 rings (SSSR count). The lowest BCUT2D eigenvalue weighted by Gasteiger charge is -2.11. The number of sulfonamides is 1. The van der Waals surface area contributed by atoms with Crippen molar-refractivity contribution in [2.75, 3.05) is 12.8 Å². The fourth-order valence-corrected chi connectivity index (χ4v) is 4.05. The van der Waals surface area contributed by atoms with Gasteiger partial charge < -0.3 is 5.73 Å². The Bertz CT molecular complexity index is 771. The molecule has 0 bridgehead atoms. The standard InChI is InChI=1S/C15H18N2O2S2/c1-10-4-6-13(8-11(10)2)20-14-7-5-12(16)9-15(14)21(18,19)17-3/h4-9,17H,16H2,1-3H3. The first-order valence-electron chi connectivity index (χ1n) is 6.41. The highest BCUT2D eigenvalue weighted by Gasteiger charge is 2.18. The van der Waals surface area contributed by atoms with E-state index in [1.165, 1.54) is 36.0 Å². The predicted octanol–water partition coefficient (Wildman–Crippen LogP) is 2.94. The number of nitrogens with two attached hydrogens (primary N) is 1. The number of benzene rings is 2. The summed E-state index contributed by atoms with van der Waals surface area (Å²) in [5, 5.41) is 0. The van der Waals surface area contributed by atoms with Gasteiger partial charge in [0, 0.05) is 15.5 Å². The molecule has 0 heterocycles. The highest BCUT2D eigenvalue weighted by Crippen LogP contribution is 2.34. The lowest BCUT2D eigenvalue weighted by Crippen LogP contribution is -2.19. The van der Waals surface area contributed by atoms with Crippen molar-refractivity contribution in [3.8, 4) is 0 Å². The maximum atomic E-state index is 12.1. The average Bonchev–Trinajstić information content (AvgIpc) is 2.44. The summed E-state index contributed by atoms with van der Waals surface area (Å²) in [5.74, 6) is 0. The Balaban J connectivity index is 2.47. The molecule has 0 fully saturated rings. The van der Waals surface area contributed by atoms with Gasteiger partial charge in [0.25, 0.3) is 0 Å². The quantitative estimate of drug-likeness (QED) is 0.849. The van der Waals surface area contributed by atoms with Gasteiger partial charge in [0.2, 0.25) is 10.0 Å². The summed E-state index contributed by atoms with van der Waals surface area (Å²) in [7, 11) is -2.15. The maximum Gasteiger partial charge on any atom is 0.241 e. The lowest BCUT2D eigenvalue weighted by molar-refractivity contribution is 0.586. The van der Waals surface area contributed by atoms with Gasteiger partial charge in [-0.05, 0) is 62.4 Å². The van der Waals surface area contributed by atoms with E-state index in [-0.39, 0.29) is 4.90 Å². The molecule has 0 spiro atoms. The van der Waals surface area contributed by atoms with Gasteiger partial charge in [-0.3, -0.25) is 0 Å². The Hall–Kier alpha value is -1.50. The molecule has 3 N–H and O–H groups in total. The second-order valence-corrected chi connectivity index (χ2v) is 7.73. The molecule has 112 valence electrons. The highest BCUT2D eigenvalue weighted by atomic mass is 32.2. The molecule has 21 heavy (non-hydrogen) atoms. The highest BCUT2D eigenvalue weighted by molar-refractivity contribution is 8.00. The first-order valence-corrected chi connectivity index (χ1v) is 8.71. The molecule has 6 heteroatoms. The predicted molar refractivity (Wildman–Crippen MR) is 87.1 cm³/mol. The van der Waals surface area contributed by atoms with Crippen LogP contribution in [-0.4, -0.2) is 15.5 Å². The van der Waals surface area contributed by atoms with E-state index in [2.05, 4.69) is 4.72 Å². The SMILES string of the molecule is CNS(=O)(=O)c1cc(N)ccc1Sc1ccc(C)c(C)c1. The summed E-state index contributed by atoms with van der Waals surface area (Å²) in [6.45, 7) is 4.08. The molecule has 0 radical (unpaired) electrons. The second-order valence-electron chi connectivity index (χ2n) is 4.76. The molecule has 0 saturated heterocycles. The lowest BCUT2D eigenvalue weighted by atomic mass is 10.1. The summed E-state index contributed by atoms with van der Waals surface area (Å²) < 4.78 is 26.5. The van der Waals surface area contributed by atoms with Gasteiger partial charge in [-0.25, -0.2) is 13.1 Å². The van der Waals surface area contributed by atoms with Crippen LogP contribution in [0.4, 0.5) is 5.69 Å². The van der Waals surface area contributed by atoms with Crippen molar-refractivity contribution >= 4 is 27.5 Å². The zero-order chi connectivity index (χ0) is 15.6. The van der Waals surface area contributed by atoms with Crippen molar-refractivity contribution in [3.05, 3.63) is 47.5 Å². The van der Waals surface area contributed by atoms with Gasteiger partial charge in [0.1, 0.15) is 0 Å². The van der Waals surface area contributed by atoms with Crippen LogP contribution in [0.3, 0.4) is 0 Å². The zero-order valence-electron chi connectivity index (χ0n) is 12.2.